The summed E-state index contributed by atoms with van der Waals surface area (Å²) in [6.07, 6.45) is 1.64. The Balaban J connectivity index is 2.04. The molecule has 1 N–H and O–H groups in total. The number of hydrogen-bond donors (Lipinski definition) is 1. The Hall–Kier alpha value is -0.950. The predicted octanol–water partition coefficient (Wildman–Crippen LogP) is 1.67. The lowest BCUT2D eigenvalue weighted by Gasteiger charge is -2.23. The molecule has 0 unspecified atom stereocenters. The fourth-order valence-corrected chi connectivity index (χ4v) is 2.21. The first-order valence-electron chi connectivity index (χ1n) is 6.36. The van der Waals surface area contributed by atoms with Crippen molar-refractivity contribution in [2.24, 2.45) is 5.16 Å². The lowest BCUT2D eigenvalue weighted by Crippen LogP contribution is -2.37. The van der Waals surface area contributed by atoms with E-state index in [2.05, 4.69) is 5.16 Å². The number of hydrogen-bond acceptors (Lipinski definition) is 6. The van der Waals surface area contributed by atoms with Crippen LogP contribution in [0.5, 0.6) is 0 Å². The van der Waals surface area contributed by atoms with Crippen molar-refractivity contribution in [3.05, 3.63) is 11.6 Å². The van der Waals surface area contributed by atoms with E-state index < -0.39 is 18.2 Å². The molecule has 0 aromatic heterocycles. The molecule has 0 aromatic carbocycles. The molecule has 0 spiro atoms. The minimum Gasteiger partial charge on any atom is -0.411 e. The Bertz CT molecular complexity index is 375. The van der Waals surface area contributed by atoms with Gasteiger partial charge >= 0.3 is 0 Å². The highest BCUT2D eigenvalue weighted by atomic mass is 16.8. The van der Waals surface area contributed by atoms with Crippen LogP contribution in [0.1, 0.15) is 27.7 Å². The monoisotopic (exact) mass is 271 g/mol. The van der Waals surface area contributed by atoms with Gasteiger partial charge in [0, 0.05) is 0 Å². The van der Waals surface area contributed by atoms with Gasteiger partial charge in [-0.1, -0.05) is 16.8 Å². The minimum absolute atomic E-state index is 0.316. The molecule has 0 radical (unpaired) electrons. The van der Waals surface area contributed by atoms with Gasteiger partial charge in [-0.25, -0.2) is 0 Å². The SMILES string of the molecule is CC(C)=CCO[C@@H]1[C@@H]2OC(C)(C)O[C@@H]2O[C@H]1/C=N/O. The van der Waals surface area contributed by atoms with Gasteiger partial charge in [0.05, 0.1) is 12.8 Å². The number of ether oxygens (including phenoxy) is 4. The maximum absolute atomic E-state index is 8.66. The van der Waals surface area contributed by atoms with Crippen LogP contribution < -0.4 is 0 Å². The standard InChI is InChI=1S/C13H21NO5/c1-8(2)5-6-16-10-9(7-14-15)17-12-11(10)18-13(3,4)19-12/h5,7,9-12,15H,6H2,1-4H3/b14-7+/t9-,10-,11-,12-/m0/s1. The highest BCUT2D eigenvalue weighted by Gasteiger charge is 2.55. The first-order chi connectivity index (χ1) is 8.93. The molecule has 6 heteroatoms. The van der Waals surface area contributed by atoms with Crippen molar-refractivity contribution in [2.75, 3.05) is 6.61 Å². The number of nitrogens with zero attached hydrogens (tertiary/aromatic N) is 1. The van der Waals surface area contributed by atoms with Gasteiger partial charge in [0.25, 0.3) is 0 Å². The summed E-state index contributed by atoms with van der Waals surface area (Å²) in [5.41, 5.74) is 1.17. The van der Waals surface area contributed by atoms with Gasteiger partial charge in [0.2, 0.25) is 0 Å². The molecule has 4 atom stereocenters. The maximum atomic E-state index is 8.66. The molecule has 6 nitrogen and oxygen atoms in total. The van der Waals surface area contributed by atoms with Crippen molar-refractivity contribution in [2.45, 2.75) is 58.1 Å². The van der Waals surface area contributed by atoms with E-state index in [1.54, 1.807) is 0 Å². The van der Waals surface area contributed by atoms with E-state index in [-0.39, 0.29) is 12.2 Å². The molecular formula is C13H21NO5. The van der Waals surface area contributed by atoms with Gasteiger partial charge in [-0.3, -0.25) is 0 Å². The second kappa shape index (κ2) is 5.58. The van der Waals surface area contributed by atoms with E-state index in [4.69, 9.17) is 24.2 Å². The van der Waals surface area contributed by atoms with Gasteiger partial charge in [0.15, 0.2) is 12.1 Å². The van der Waals surface area contributed by atoms with Crippen LogP contribution in [-0.2, 0) is 18.9 Å². The van der Waals surface area contributed by atoms with Crippen LogP contribution in [0, 0.1) is 0 Å². The summed E-state index contributed by atoms with van der Waals surface area (Å²) in [4.78, 5) is 0. The number of allylic oxidation sites excluding steroid dienone is 1. The van der Waals surface area contributed by atoms with E-state index >= 15 is 0 Å². The zero-order valence-corrected chi connectivity index (χ0v) is 11.7. The molecule has 0 aliphatic carbocycles. The molecule has 2 aliphatic heterocycles. The molecular weight excluding hydrogens is 250 g/mol. The topological polar surface area (TPSA) is 69.5 Å². The summed E-state index contributed by atoms with van der Waals surface area (Å²) in [5.74, 6) is -0.686. The minimum atomic E-state index is -0.686. The molecule has 2 saturated heterocycles. The van der Waals surface area contributed by atoms with E-state index in [0.717, 1.165) is 0 Å². The zero-order valence-electron chi connectivity index (χ0n) is 11.7. The Morgan fingerprint density at radius 3 is 2.74 bits per heavy atom. The maximum Gasteiger partial charge on any atom is 0.190 e. The Labute approximate surface area is 113 Å². The van der Waals surface area contributed by atoms with Crippen LogP contribution in [0.3, 0.4) is 0 Å². The lowest BCUT2D eigenvalue weighted by molar-refractivity contribution is -0.209. The van der Waals surface area contributed by atoms with E-state index in [0.29, 0.717) is 6.61 Å². The van der Waals surface area contributed by atoms with Crippen LogP contribution in [0.4, 0.5) is 0 Å². The van der Waals surface area contributed by atoms with Crippen molar-refractivity contribution in [3.63, 3.8) is 0 Å². The molecule has 2 aliphatic rings. The number of oxime groups is 1. The first kappa shape index (κ1) is 14.5. The second-order valence-electron chi connectivity index (χ2n) is 5.41. The van der Waals surface area contributed by atoms with Gasteiger partial charge in [-0.2, -0.15) is 0 Å². The van der Waals surface area contributed by atoms with Crippen LogP contribution in [0.25, 0.3) is 0 Å². The van der Waals surface area contributed by atoms with Crippen LogP contribution >= 0.6 is 0 Å². The summed E-state index contributed by atoms with van der Waals surface area (Å²) in [5, 5.41) is 11.7. The summed E-state index contributed by atoms with van der Waals surface area (Å²) < 4.78 is 22.8. The molecule has 0 aromatic rings. The molecule has 2 heterocycles. The molecule has 0 amide bonds. The predicted molar refractivity (Wildman–Crippen MR) is 68.1 cm³/mol. The molecule has 2 rings (SSSR count). The molecule has 108 valence electrons. The molecule has 19 heavy (non-hydrogen) atoms. The largest absolute Gasteiger partial charge is 0.411 e. The fraction of sp³-hybridized carbons (Fsp3) is 0.769. The Morgan fingerprint density at radius 1 is 1.37 bits per heavy atom. The van der Waals surface area contributed by atoms with E-state index in [1.807, 2.05) is 33.8 Å². The average Bonchev–Trinajstić information content (AvgIpc) is 2.72. The molecule has 2 fully saturated rings. The Kier molecular flexibility index (Phi) is 4.25. The first-order valence-corrected chi connectivity index (χ1v) is 6.36. The third kappa shape index (κ3) is 3.33. The highest BCUT2D eigenvalue weighted by molar-refractivity contribution is 5.64. The summed E-state index contributed by atoms with van der Waals surface area (Å²) in [6.45, 7) is 8.12. The normalized spacial score (nSPS) is 36.6. The summed E-state index contributed by atoms with van der Waals surface area (Å²) >= 11 is 0. The van der Waals surface area contributed by atoms with Crippen LogP contribution in [0.15, 0.2) is 16.8 Å². The van der Waals surface area contributed by atoms with Crippen LogP contribution in [0.2, 0.25) is 0 Å². The summed E-state index contributed by atoms with van der Waals surface area (Å²) in [7, 11) is 0. The van der Waals surface area contributed by atoms with E-state index in [9.17, 15) is 0 Å². The van der Waals surface area contributed by atoms with Gasteiger partial charge in [-0.05, 0) is 27.7 Å². The smallest absolute Gasteiger partial charge is 0.190 e. The summed E-state index contributed by atoms with van der Waals surface area (Å²) in [6, 6.07) is 0. The van der Waals surface area contributed by atoms with Crippen LogP contribution in [-0.4, -0.2) is 48.4 Å². The van der Waals surface area contributed by atoms with Crippen molar-refractivity contribution in [1.29, 1.82) is 0 Å². The average molecular weight is 271 g/mol. The lowest BCUT2D eigenvalue weighted by atomic mass is 10.1. The third-order valence-corrected chi connectivity index (χ3v) is 3.02. The van der Waals surface area contributed by atoms with Crippen molar-refractivity contribution in [3.8, 4) is 0 Å². The van der Waals surface area contributed by atoms with Gasteiger partial charge in [-0.15, -0.1) is 0 Å². The fourth-order valence-electron chi connectivity index (χ4n) is 2.21. The van der Waals surface area contributed by atoms with Crippen molar-refractivity contribution >= 4 is 6.21 Å². The molecule has 0 saturated carbocycles. The van der Waals surface area contributed by atoms with Crippen molar-refractivity contribution < 1.29 is 24.2 Å². The quantitative estimate of drug-likeness (QED) is 0.364. The second-order valence-corrected chi connectivity index (χ2v) is 5.41. The van der Waals surface area contributed by atoms with Crippen molar-refractivity contribution in [1.82, 2.24) is 0 Å². The Morgan fingerprint density at radius 2 is 2.11 bits per heavy atom. The zero-order chi connectivity index (χ0) is 14.0. The third-order valence-electron chi connectivity index (χ3n) is 3.02. The van der Waals surface area contributed by atoms with Gasteiger partial charge in [0.1, 0.15) is 18.3 Å². The number of rotatable bonds is 4. The number of fused-ring (bicyclic) bond motifs is 1. The molecule has 0 bridgehead atoms. The highest BCUT2D eigenvalue weighted by Crippen LogP contribution is 2.38. The van der Waals surface area contributed by atoms with Gasteiger partial charge < -0.3 is 24.2 Å². The van der Waals surface area contributed by atoms with E-state index in [1.165, 1.54) is 11.8 Å².